The molecule has 0 atom stereocenters. The lowest BCUT2D eigenvalue weighted by molar-refractivity contribution is 0.605. The number of benzene rings is 1. The number of rotatable bonds is 3. The van der Waals surface area contributed by atoms with E-state index in [9.17, 15) is 8.42 Å². The van der Waals surface area contributed by atoms with Crippen LogP contribution in [0.25, 0.3) is 22.4 Å². The first kappa shape index (κ1) is 13.2. The van der Waals surface area contributed by atoms with Crippen molar-refractivity contribution in [3.63, 3.8) is 0 Å². The van der Waals surface area contributed by atoms with Crippen LogP contribution in [0.5, 0.6) is 0 Å². The van der Waals surface area contributed by atoms with Gasteiger partial charge in [-0.3, -0.25) is 5.10 Å². The zero-order valence-corrected chi connectivity index (χ0v) is 12.1. The normalized spacial score (nSPS) is 12.1. The second kappa shape index (κ2) is 4.64. The summed E-state index contributed by atoms with van der Waals surface area (Å²) in [6, 6.07) is 7.55. The standard InChI is InChI=1S/C13H11ClN2O3S/c1-2-8-9-5-3-4-6-10(9)19-13(8)12-11(7-15-16-12)20(14,17)18/h3-7H,2H2,1H3,(H,15,16). The molecule has 0 fully saturated rings. The van der Waals surface area contributed by atoms with Gasteiger partial charge in [-0.05, 0) is 12.5 Å². The van der Waals surface area contributed by atoms with Crippen LogP contribution >= 0.6 is 10.7 Å². The molecule has 5 nitrogen and oxygen atoms in total. The van der Waals surface area contributed by atoms with Crippen molar-refractivity contribution in [2.75, 3.05) is 0 Å². The number of para-hydroxylation sites is 1. The van der Waals surface area contributed by atoms with E-state index in [0.717, 1.165) is 10.9 Å². The molecular weight excluding hydrogens is 300 g/mol. The SMILES string of the molecule is CCc1c(-c2[nH]ncc2S(=O)(=O)Cl)oc2ccccc12. The molecule has 0 aliphatic carbocycles. The molecule has 1 N–H and O–H groups in total. The summed E-state index contributed by atoms with van der Waals surface area (Å²) < 4.78 is 28.9. The number of aromatic nitrogens is 2. The molecule has 1 aromatic carbocycles. The lowest BCUT2D eigenvalue weighted by Crippen LogP contribution is -1.93. The minimum atomic E-state index is -3.88. The Morgan fingerprint density at radius 1 is 1.35 bits per heavy atom. The molecule has 20 heavy (non-hydrogen) atoms. The maximum Gasteiger partial charge on any atom is 0.265 e. The van der Waals surface area contributed by atoms with Crippen molar-refractivity contribution in [1.29, 1.82) is 0 Å². The maximum atomic E-state index is 11.6. The molecule has 0 saturated carbocycles. The molecule has 0 saturated heterocycles. The van der Waals surface area contributed by atoms with E-state index in [2.05, 4.69) is 10.2 Å². The van der Waals surface area contributed by atoms with Crippen LogP contribution in [0.15, 0.2) is 39.8 Å². The summed E-state index contributed by atoms with van der Waals surface area (Å²) in [6.45, 7) is 1.98. The molecule has 2 aromatic heterocycles. The summed E-state index contributed by atoms with van der Waals surface area (Å²) >= 11 is 0. The van der Waals surface area contributed by atoms with Crippen LogP contribution in [0.1, 0.15) is 12.5 Å². The van der Waals surface area contributed by atoms with E-state index in [1.165, 1.54) is 6.20 Å². The van der Waals surface area contributed by atoms with Gasteiger partial charge in [0.05, 0.1) is 6.20 Å². The molecule has 104 valence electrons. The van der Waals surface area contributed by atoms with Crippen LogP contribution in [-0.2, 0) is 15.5 Å². The average Bonchev–Trinajstić information content (AvgIpc) is 3.01. The van der Waals surface area contributed by atoms with Gasteiger partial charge in [0.2, 0.25) is 0 Å². The van der Waals surface area contributed by atoms with Gasteiger partial charge in [-0.2, -0.15) is 5.10 Å². The van der Waals surface area contributed by atoms with Crippen LogP contribution in [0.3, 0.4) is 0 Å². The largest absolute Gasteiger partial charge is 0.454 e. The number of aryl methyl sites for hydroxylation is 1. The van der Waals surface area contributed by atoms with E-state index < -0.39 is 9.05 Å². The summed E-state index contributed by atoms with van der Waals surface area (Å²) in [6.07, 6.45) is 1.89. The number of aromatic amines is 1. The molecule has 0 unspecified atom stereocenters. The fourth-order valence-corrected chi connectivity index (χ4v) is 3.19. The number of furan rings is 1. The third-order valence-electron chi connectivity index (χ3n) is 3.15. The highest BCUT2D eigenvalue weighted by atomic mass is 35.7. The van der Waals surface area contributed by atoms with E-state index in [0.29, 0.717) is 17.8 Å². The molecule has 2 heterocycles. The molecule has 0 amide bonds. The highest BCUT2D eigenvalue weighted by molar-refractivity contribution is 8.13. The minimum Gasteiger partial charge on any atom is -0.454 e. The number of fused-ring (bicyclic) bond motifs is 1. The number of nitrogens with one attached hydrogen (secondary N) is 1. The Kier molecular flexibility index (Phi) is 3.07. The summed E-state index contributed by atoms with van der Waals surface area (Å²) in [5, 5.41) is 7.37. The number of halogens is 1. The maximum absolute atomic E-state index is 11.6. The second-order valence-corrected chi connectivity index (χ2v) is 6.84. The topological polar surface area (TPSA) is 76.0 Å². The van der Waals surface area contributed by atoms with Gasteiger partial charge < -0.3 is 4.42 Å². The zero-order valence-electron chi connectivity index (χ0n) is 10.6. The first-order valence-electron chi connectivity index (χ1n) is 6.01. The summed E-state index contributed by atoms with van der Waals surface area (Å²) in [5.74, 6) is 0.463. The summed E-state index contributed by atoms with van der Waals surface area (Å²) in [7, 11) is 1.54. The lowest BCUT2D eigenvalue weighted by Gasteiger charge is -1.99. The molecule has 0 aliphatic rings. The average molecular weight is 311 g/mol. The first-order chi connectivity index (χ1) is 9.52. The predicted octanol–water partition coefficient (Wildman–Crippen LogP) is 3.31. The van der Waals surface area contributed by atoms with Gasteiger partial charge in [-0.25, -0.2) is 8.42 Å². The first-order valence-corrected chi connectivity index (χ1v) is 8.32. The van der Waals surface area contributed by atoms with Gasteiger partial charge in [0.25, 0.3) is 9.05 Å². The number of hydrogen-bond acceptors (Lipinski definition) is 4. The second-order valence-electron chi connectivity index (χ2n) is 4.31. The van der Waals surface area contributed by atoms with Crippen molar-refractivity contribution >= 4 is 30.7 Å². The van der Waals surface area contributed by atoms with E-state index >= 15 is 0 Å². The van der Waals surface area contributed by atoms with E-state index in [-0.39, 0.29) is 10.6 Å². The molecule has 3 aromatic rings. The molecular formula is C13H11ClN2O3S. The zero-order chi connectivity index (χ0) is 14.3. The fraction of sp³-hybridized carbons (Fsp3) is 0.154. The van der Waals surface area contributed by atoms with Crippen molar-refractivity contribution in [3.05, 3.63) is 36.0 Å². The lowest BCUT2D eigenvalue weighted by atomic mass is 10.1. The van der Waals surface area contributed by atoms with Crippen molar-refractivity contribution in [2.24, 2.45) is 0 Å². The molecule has 7 heteroatoms. The minimum absolute atomic E-state index is 0.0760. The van der Waals surface area contributed by atoms with Gasteiger partial charge in [-0.1, -0.05) is 25.1 Å². The van der Waals surface area contributed by atoms with Crippen LogP contribution in [0.2, 0.25) is 0 Å². The van der Waals surface area contributed by atoms with E-state index in [1.54, 1.807) is 0 Å². The van der Waals surface area contributed by atoms with Crippen molar-refractivity contribution in [3.8, 4) is 11.5 Å². The molecule has 0 bridgehead atoms. The van der Waals surface area contributed by atoms with Crippen molar-refractivity contribution in [1.82, 2.24) is 10.2 Å². The highest BCUT2D eigenvalue weighted by Gasteiger charge is 2.24. The Bertz CT molecular complexity index is 880. The van der Waals surface area contributed by atoms with Gasteiger partial charge in [0.1, 0.15) is 16.2 Å². The molecule has 0 aliphatic heterocycles. The van der Waals surface area contributed by atoms with Crippen LogP contribution < -0.4 is 0 Å². The van der Waals surface area contributed by atoms with Crippen LogP contribution in [0, 0.1) is 0 Å². The molecule has 0 radical (unpaired) electrons. The van der Waals surface area contributed by atoms with Gasteiger partial charge in [0, 0.05) is 21.6 Å². The third kappa shape index (κ3) is 2.01. The quantitative estimate of drug-likeness (QED) is 0.753. The predicted molar refractivity (Wildman–Crippen MR) is 76.2 cm³/mol. The third-order valence-corrected chi connectivity index (χ3v) is 4.48. The van der Waals surface area contributed by atoms with Crippen LogP contribution in [0.4, 0.5) is 0 Å². The Morgan fingerprint density at radius 3 is 2.80 bits per heavy atom. The monoisotopic (exact) mass is 310 g/mol. The smallest absolute Gasteiger partial charge is 0.265 e. The van der Waals surface area contributed by atoms with Gasteiger partial charge in [0.15, 0.2) is 5.76 Å². The highest BCUT2D eigenvalue weighted by Crippen LogP contribution is 2.36. The van der Waals surface area contributed by atoms with E-state index in [1.807, 2.05) is 31.2 Å². The van der Waals surface area contributed by atoms with E-state index in [4.69, 9.17) is 15.1 Å². The van der Waals surface area contributed by atoms with Crippen molar-refractivity contribution < 1.29 is 12.8 Å². The van der Waals surface area contributed by atoms with Crippen molar-refractivity contribution in [2.45, 2.75) is 18.2 Å². The fourth-order valence-electron chi connectivity index (χ4n) is 2.27. The van der Waals surface area contributed by atoms with Gasteiger partial charge in [-0.15, -0.1) is 0 Å². The molecule has 3 rings (SSSR count). The Labute approximate surface area is 120 Å². The summed E-state index contributed by atoms with van der Waals surface area (Å²) in [5.41, 5.74) is 1.91. The molecule has 0 spiro atoms. The Hall–Kier alpha value is -1.79. The summed E-state index contributed by atoms with van der Waals surface area (Å²) in [4.78, 5) is -0.0760. The Morgan fingerprint density at radius 2 is 2.10 bits per heavy atom. The number of hydrogen-bond donors (Lipinski definition) is 1. The van der Waals surface area contributed by atoms with Crippen LogP contribution in [-0.4, -0.2) is 18.6 Å². The Balaban J connectivity index is 2.33. The number of H-pyrrole nitrogens is 1. The van der Waals surface area contributed by atoms with Gasteiger partial charge >= 0.3 is 0 Å². The number of nitrogens with zero attached hydrogens (tertiary/aromatic N) is 1.